The molecule has 1 aliphatic heterocycles. The summed E-state index contributed by atoms with van der Waals surface area (Å²) in [4.78, 5) is 19.0. The number of benzene rings is 1. The number of aromatic nitrogens is 5. The van der Waals surface area contributed by atoms with E-state index in [1.807, 2.05) is 43.1 Å². The van der Waals surface area contributed by atoms with Gasteiger partial charge in [-0.1, -0.05) is 30.3 Å². The van der Waals surface area contributed by atoms with Gasteiger partial charge in [-0.05, 0) is 17.7 Å². The average Bonchev–Trinajstić information content (AvgIpc) is 3.49. The van der Waals surface area contributed by atoms with E-state index in [0.29, 0.717) is 0 Å². The van der Waals surface area contributed by atoms with Crippen LogP contribution in [-0.4, -0.2) is 55.7 Å². The molecule has 3 aromatic heterocycles. The second kappa shape index (κ2) is 8.61. The van der Waals surface area contributed by atoms with Gasteiger partial charge in [0.25, 0.3) is 0 Å². The maximum Gasteiger partial charge on any atom is 0.0979 e. The average molecular weight is 400 g/mol. The molecule has 152 valence electrons. The predicted molar refractivity (Wildman–Crippen MR) is 115 cm³/mol. The molecule has 7 nitrogen and oxygen atoms in total. The van der Waals surface area contributed by atoms with E-state index < -0.39 is 0 Å². The Morgan fingerprint density at radius 2 is 1.80 bits per heavy atom. The molecule has 1 fully saturated rings. The van der Waals surface area contributed by atoms with E-state index in [9.17, 15) is 0 Å². The Labute approximate surface area is 175 Å². The van der Waals surface area contributed by atoms with Crippen molar-refractivity contribution in [3.05, 3.63) is 79.3 Å². The molecule has 0 radical (unpaired) electrons. The van der Waals surface area contributed by atoms with Crippen molar-refractivity contribution >= 4 is 0 Å². The van der Waals surface area contributed by atoms with E-state index in [4.69, 9.17) is 9.72 Å². The van der Waals surface area contributed by atoms with Gasteiger partial charge in [-0.15, -0.1) is 0 Å². The van der Waals surface area contributed by atoms with Crippen LogP contribution in [0.15, 0.2) is 73.7 Å². The molecule has 5 rings (SSSR count). The SMILES string of the molecule is c1ccc(-c2ncn(C[C@@H](c3ccncc3)N3CCOCC3)c2-c2cnc[nH]2)cc1. The number of ether oxygens (including phenoxy) is 1. The van der Waals surface area contributed by atoms with E-state index >= 15 is 0 Å². The quantitative estimate of drug-likeness (QED) is 0.537. The van der Waals surface area contributed by atoms with Gasteiger partial charge in [-0.2, -0.15) is 0 Å². The third-order valence-corrected chi connectivity index (χ3v) is 5.59. The highest BCUT2D eigenvalue weighted by atomic mass is 16.5. The van der Waals surface area contributed by atoms with Crippen molar-refractivity contribution in [2.75, 3.05) is 26.3 Å². The van der Waals surface area contributed by atoms with Crippen LogP contribution in [0.5, 0.6) is 0 Å². The number of nitrogens with one attached hydrogen (secondary N) is 1. The minimum absolute atomic E-state index is 0.205. The first kappa shape index (κ1) is 18.7. The van der Waals surface area contributed by atoms with Crippen molar-refractivity contribution < 1.29 is 4.74 Å². The number of nitrogens with zero attached hydrogens (tertiary/aromatic N) is 5. The molecule has 4 aromatic rings. The maximum atomic E-state index is 5.59. The fraction of sp³-hybridized carbons (Fsp3) is 0.261. The van der Waals surface area contributed by atoms with Gasteiger partial charge in [0.2, 0.25) is 0 Å². The van der Waals surface area contributed by atoms with Gasteiger partial charge < -0.3 is 14.3 Å². The van der Waals surface area contributed by atoms with E-state index in [2.05, 4.69) is 48.7 Å². The van der Waals surface area contributed by atoms with Crippen molar-refractivity contribution in [2.45, 2.75) is 12.6 Å². The fourth-order valence-corrected chi connectivity index (χ4v) is 4.09. The molecule has 1 N–H and O–H groups in total. The molecular formula is C23H24N6O. The van der Waals surface area contributed by atoms with Gasteiger partial charge in [0.05, 0.1) is 55.2 Å². The van der Waals surface area contributed by atoms with Crippen LogP contribution in [0.2, 0.25) is 0 Å². The molecule has 1 aromatic carbocycles. The number of H-pyrrole nitrogens is 1. The summed E-state index contributed by atoms with van der Waals surface area (Å²) >= 11 is 0. The molecule has 4 heterocycles. The topological polar surface area (TPSA) is 71.9 Å². The zero-order chi connectivity index (χ0) is 20.2. The van der Waals surface area contributed by atoms with E-state index in [1.54, 1.807) is 6.33 Å². The van der Waals surface area contributed by atoms with Crippen molar-refractivity contribution in [1.29, 1.82) is 0 Å². The molecule has 0 aliphatic carbocycles. The molecule has 1 saturated heterocycles. The van der Waals surface area contributed by atoms with Gasteiger partial charge in [0.15, 0.2) is 0 Å². The number of pyridine rings is 1. The molecule has 0 amide bonds. The molecule has 30 heavy (non-hydrogen) atoms. The summed E-state index contributed by atoms with van der Waals surface area (Å²) in [6.45, 7) is 4.11. The summed E-state index contributed by atoms with van der Waals surface area (Å²) in [6, 6.07) is 14.7. The molecular weight excluding hydrogens is 376 g/mol. The summed E-state index contributed by atoms with van der Waals surface area (Å²) in [5, 5.41) is 0. The Bertz CT molecular complexity index is 1060. The number of rotatable bonds is 6. The van der Waals surface area contributed by atoms with Gasteiger partial charge in [0, 0.05) is 37.6 Å². The molecule has 0 unspecified atom stereocenters. The number of imidazole rings is 2. The van der Waals surface area contributed by atoms with Gasteiger partial charge in [-0.25, -0.2) is 9.97 Å². The number of morpholine rings is 1. The Hall–Kier alpha value is -3.29. The minimum Gasteiger partial charge on any atom is -0.379 e. The standard InChI is InChI=1S/C23H24N6O/c1-2-4-19(5-3-1)22-23(20-14-25-16-26-20)29(17-27-22)15-21(18-6-8-24-9-7-18)28-10-12-30-13-11-28/h1-9,14,16-17,21H,10-13,15H2,(H,25,26)/t21-/m0/s1. The third kappa shape index (κ3) is 3.77. The summed E-state index contributed by atoms with van der Waals surface area (Å²) < 4.78 is 7.83. The molecule has 1 atom stereocenters. The molecule has 1 aliphatic rings. The second-order valence-corrected chi connectivity index (χ2v) is 7.37. The van der Waals surface area contributed by atoms with Crippen molar-refractivity contribution in [1.82, 2.24) is 29.4 Å². The normalized spacial score (nSPS) is 15.9. The highest BCUT2D eigenvalue weighted by Crippen LogP contribution is 2.32. The lowest BCUT2D eigenvalue weighted by Crippen LogP contribution is -2.40. The van der Waals surface area contributed by atoms with E-state index in [-0.39, 0.29) is 6.04 Å². The van der Waals surface area contributed by atoms with Crippen molar-refractivity contribution in [3.63, 3.8) is 0 Å². The summed E-state index contributed by atoms with van der Waals surface area (Å²) in [6.07, 6.45) is 9.23. The Kier molecular flexibility index (Phi) is 5.37. The van der Waals surface area contributed by atoms with Crippen LogP contribution in [0.3, 0.4) is 0 Å². The molecule has 0 spiro atoms. The Morgan fingerprint density at radius 1 is 1.00 bits per heavy atom. The maximum absolute atomic E-state index is 5.59. The van der Waals surface area contributed by atoms with Crippen LogP contribution in [0, 0.1) is 0 Å². The van der Waals surface area contributed by atoms with Crippen molar-refractivity contribution in [3.8, 4) is 22.6 Å². The number of aromatic amines is 1. The fourth-order valence-electron chi connectivity index (χ4n) is 4.09. The Balaban J connectivity index is 1.56. The van der Waals surface area contributed by atoms with E-state index in [1.165, 1.54) is 5.56 Å². The first-order valence-corrected chi connectivity index (χ1v) is 10.2. The summed E-state index contributed by atoms with van der Waals surface area (Å²) in [5.41, 5.74) is 5.30. The molecule has 7 heteroatoms. The molecule has 0 saturated carbocycles. The van der Waals surface area contributed by atoms with Gasteiger partial charge in [-0.3, -0.25) is 9.88 Å². The Morgan fingerprint density at radius 3 is 2.53 bits per heavy atom. The lowest BCUT2D eigenvalue weighted by molar-refractivity contribution is 0.0124. The van der Waals surface area contributed by atoms with Crippen LogP contribution < -0.4 is 0 Å². The highest BCUT2D eigenvalue weighted by molar-refractivity contribution is 5.76. The van der Waals surface area contributed by atoms with Crippen LogP contribution in [-0.2, 0) is 11.3 Å². The summed E-state index contributed by atoms with van der Waals surface area (Å²) in [5.74, 6) is 0. The lowest BCUT2D eigenvalue weighted by atomic mass is 10.0. The van der Waals surface area contributed by atoms with Crippen LogP contribution in [0.25, 0.3) is 22.6 Å². The van der Waals surface area contributed by atoms with Crippen LogP contribution >= 0.6 is 0 Å². The monoisotopic (exact) mass is 400 g/mol. The number of hydrogen-bond donors (Lipinski definition) is 1. The second-order valence-electron chi connectivity index (χ2n) is 7.37. The van der Waals surface area contributed by atoms with Crippen molar-refractivity contribution in [2.24, 2.45) is 0 Å². The highest BCUT2D eigenvalue weighted by Gasteiger charge is 2.25. The zero-order valence-electron chi connectivity index (χ0n) is 16.7. The largest absolute Gasteiger partial charge is 0.379 e. The molecule has 0 bridgehead atoms. The minimum atomic E-state index is 0.205. The summed E-state index contributed by atoms with van der Waals surface area (Å²) in [7, 11) is 0. The first-order valence-electron chi connectivity index (χ1n) is 10.2. The first-order chi connectivity index (χ1) is 14.9. The van der Waals surface area contributed by atoms with Crippen LogP contribution in [0.1, 0.15) is 11.6 Å². The third-order valence-electron chi connectivity index (χ3n) is 5.59. The van der Waals surface area contributed by atoms with Gasteiger partial charge in [0.1, 0.15) is 0 Å². The van der Waals surface area contributed by atoms with Crippen LogP contribution in [0.4, 0.5) is 0 Å². The van der Waals surface area contributed by atoms with E-state index in [0.717, 1.165) is 55.5 Å². The zero-order valence-corrected chi connectivity index (χ0v) is 16.7. The predicted octanol–water partition coefficient (Wildman–Crippen LogP) is 3.41. The smallest absolute Gasteiger partial charge is 0.0979 e. The number of hydrogen-bond acceptors (Lipinski definition) is 5. The van der Waals surface area contributed by atoms with Gasteiger partial charge >= 0.3 is 0 Å². The lowest BCUT2D eigenvalue weighted by Gasteiger charge is -2.35.